The van der Waals surface area contributed by atoms with Gasteiger partial charge in [-0.1, -0.05) is 6.92 Å². The Balaban J connectivity index is 1.62. The molecule has 3 heterocycles. The standard InChI is InChI=1S/C18H28N6O/c1-4-16-15(12-20-21-16)18(25)23-8-5-7-22(10-11-23)13-17-19-6-9-24(17)14(2)3/h6,9,12,14H,4-5,7-8,10-11,13H2,1-3H3,(H,20,21). The van der Waals surface area contributed by atoms with Crippen LogP contribution in [0.4, 0.5) is 0 Å². The third kappa shape index (κ3) is 3.92. The maximum atomic E-state index is 12.8. The molecule has 0 saturated carbocycles. The lowest BCUT2D eigenvalue weighted by Gasteiger charge is -2.22. The maximum Gasteiger partial charge on any atom is 0.257 e. The van der Waals surface area contributed by atoms with Gasteiger partial charge in [-0.05, 0) is 26.7 Å². The van der Waals surface area contributed by atoms with Crippen molar-refractivity contribution in [1.82, 2.24) is 29.5 Å². The Hall–Kier alpha value is -2.15. The van der Waals surface area contributed by atoms with Crippen LogP contribution >= 0.6 is 0 Å². The number of carbonyl (C=O) groups is 1. The number of imidazole rings is 1. The van der Waals surface area contributed by atoms with Crippen LogP contribution < -0.4 is 0 Å². The van der Waals surface area contributed by atoms with E-state index in [-0.39, 0.29) is 5.91 Å². The van der Waals surface area contributed by atoms with Gasteiger partial charge in [-0.25, -0.2) is 4.98 Å². The van der Waals surface area contributed by atoms with E-state index in [1.807, 2.05) is 24.2 Å². The topological polar surface area (TPSA) is 70.1 Å². The lowest BCUT2D eigenvalue weighted by molar-refractivity contribution is 0.0760. The minimum atomic E-state index is 0.0936. The van der Waals surface area contributed by atoms with E-state index in [4.69, 9.17) is 0 Å². The molecule has 1 fully saturated rings. The van der Waals surface area contributed by atoms with Crippen LogP contribution in [-0.2, 0) is 13.0 Å². The summed E-state index contributed by atoms with van der Waals surface area (Å²) in [5, 5.41) is 6.96. The first kappa shape index (κ1) is 17.7. The summed E-state index contributed by atoms with van der Waals surface area (Å²) in [6.07, 6.45) is 7.34. The number of hydrogen-bond acceptors (Lipinski definition) is 4. The quantitative estimate of drug-likeness (QED) is 0.902. The Kier molecular flexibility index (Phi) is 5.53. The summed E-state index contributed by atoms with van der Waals surface area (Å²) < 4.78 is 2.22. The molecule has 1 aliphatic heterocycles. The average Bonchev–Trinajstić information content (AvgIpc) is 3.19. The van der Waals surface area contributed by atoms with E-state index >= 15 is 0 Å². The van der Waals surface area contributed by atoms with Crippen molar-refractivity contribution in [2.24, 2.45) is 0 Å². The van der Waals surface area contributed by atoms with Crippen LogP contribution in [0.25, 0.3) is 0 Å². The van der Waals surface area contributed by atoms with E-state index in [2.05, 4.69) is 38.5 Å². The van der Waals surface area contributed by atoms with Crippen LogP contribution in [-0.4, -0.2) is 61.6 Å². The highest BCUT2D eigenvalue weighted by molar-refractivity contribution is 5.95. The molecule has 1 saturated heterocycles. The molecular weight excluding hydrogens is 316 g/mol. The van der Waals surface area contributed by atoms with E-state index in [1.165, 1.54) is 0 Å². The van der Waals surface area contributed by atoms with Gasteiger partial charge in [-0.2, -0.15) is 5.10 Å². The van der Waals surface area contributed by atoms with Crippen molar-refractivity contribution in [3.05, 3.63) is 35.7 Å². The Morgan fingerprint density at radius 3 is 2.88 bits per heavy atom. The Morgan fingerprint density at radius 2 is 2.12 bits per heavy atom. The van der Waals surface area contributed by atoms with Gasteiger partial charge in [-0.15, -0.1) is 0 Å². The van der Waals surface area contributed by atoms with Crippen LogP contribution in [0.15, 0.2) is 18.6 Å². The highest BCUT2D eigenvalue weighted by Gasteiger charge is 2.23. The summed E-state index contributed by atoms with van der Waals surface area (Å²) in [6.45, 7) is 10.6. The van der Waals surface area contributed by atoms with Crippen molar-refractivity contribution in [2.45, 2.75) is 46.2 Å². The molecule has 0 spiro atoms. The molecule has 136 valence electrons. The first-order valence-corrected chi connectivity index (χ1v) is 9.15. The molecule has 0 bridgehead atoms. The molecular formula is C18H28N6O. The molecule has 0 radical (unpaired) electrons. The van der Waals surface area contributed by atoms with Crippen molar-refractivity contribution in [3.63, 3.8) is 0 Å². The number of rotatable bonds is 5. The van der Waals surface area contributed by atoms with Gasteiger partial charge in [0.25, 0.3) is 5.91 Å². The van der Waals surface area contributed by atoms with Gasteiger partial charge in [0.15, 0.2) is 0 Å². The van der Waals surface area contributed by atoms with Gasteiger partial charge < -0.3 is 9.47 Å². The first-order valence-electron chi connectivity index (χ1n) is 9.15. The van der Waals surface area contributed by atoms with Crippen LogP contribution in [0.2, 0.25) is 0 Å². The zero-order valence-corrected chi connectivity index (χ0v) is 15.4. The fourth-order valence-electron chi connectivity index (χ4n) is 3.41. The van der Waals surface area contributed by atoms with Gasteiger partial charge >= 0.3 is 0 Å². The van der Waals surface area contributed by atoms with E-state index < -0.39 is 0 Å². The number of aromatic amines is 1. The van der Waals surface area contributed by atoms with Crippen molar-refractivity contribution in [2.75, 3.05) is 26.2 Å². The predicted octanol–water partition coefficient (Wildman–Crippen LogP) is 2.10. The fraction of sp³-hybridized carbons (Fsp3) is 0.611. The number of hydrogen-bond donors (Lipinski definition) is 1. The molecule has 7 nitrogen and oxygen atoms in total. The largest absolute Gasteiger partial charge is 0.337 e. The summed E-state index contributed by atoms with van der Waals surface area (Å²) in [5.74, 6) is 1.19. The summed E-state index contributed by atoms with van der Waals surface area (Å²) in [4.78, 5) is 21.7. The van der Waals surface area contributed by atoms with Gasteiger partial charge in [0.1, 0.15) is 5.82 Å². The molecule has 1 amide bonds. The number of nitrogens with zero attached hydrogens (tertiary/aromatic N) is 5. The number of H-pyrrole nitrogens is 1. The monoisotopic (exact) mass is 344 g/mol. The van der Waals surface area contributed by atoms with Crippen molar-refractivity contribution in [1.29, 1.82) is 0 Å². The predicted molar refractivity (Wildman–Crippen MR) is 96.4 cm³/mol. The van der Waals surface area contributed by atoms with Crippen LogP contribution in [0.1, 0.15) is 55.1 Å². The van der Waals surface area contributed by atoms with Crippen molar-refractivity contribution >= 4 is 5.91 Å². The SMILES string of the molecule is CCc1[nH]ncc1C(=O)N1CCCN(Cc2nccn2C(C)C)CC1. The van der Waals surface area contributed by atoms with E-state index in [9.17, 15) is 4.79 Å². The fourth-order valence-corrected chi connectivity index (χ4v) is 3.41. The molecule has 1 aliphatic rings. The lowest BCUT2D eigenvalue weighted by Crippen LogP contribution is -2.35. The van der Waals surface area contributed by atoms with Gasteiger partial charge in [0, 0.05) is 50.3 Å². The smallest absolute Gasteiger partial charge is 0.257 e. The van der Waals surface area contributed by atoms with E-state index in [1.54, 1.807) is 6.20 Å². The summed E-state index contributed by atoms with van der Waals surface area (Å²) in [6, 6.07) is 0.413. The Labute approximate surface area is 149 Å². The van der Waals surface area contributed by atoms with Crippen molar-refractivity contribution in [3.8, 4) is 0 Å². The molecule has 0 unspecified atom stereocenters. The Morgan fingerprint density at radius 1 is 1.28 bits per heavy atom. The number of nitrogens with one attached hydrogen (secondary N) is 1. The third-order valence-electron chi connectivity index (χ3n) is 4.85. The first-order chi connectivity index (χ1) is 12.1. The van der Waals surface area contributed by atoms with E-state index in [0.717, 1.165) is 57.1 Å². The van der Waals surface area contributed by atoms with Gasteiger partial charge in [-0.3, -0.25) is 14.8 Å². The third-order valence-corrected chi connectivity index (χ3v) is 4.85. The van der Waals surface area contributed by atoms with Crippen LogP contribution in [0.3, 0.4) is 0 Å². The summed E-state index contributed by atoms with van der Waals surface area (Å²) >= 11 is 0. The number of amides is 1. The second kappa shape index (κ2) is 7.82. The minimum absolute atomic E-state index is 0.0936. The molecule has 25 heavy (non-hydrogen) atoms. The molecule has 0 aromatic carbocycles. The highest BCUT2D eigenvalue weighted by atomic mass is 16.2. The molecule has 2 aromatic rings. The number of carbonyl (C=O) groups excluding carboxylic acids is 1. The number of aromatic nitrogens is 4. The molecule has 3 rings (SSSR count). The zero-order chi connectivity index (χ0) is 17.8. The summed E-state index contributed by atoms with van der Waals surface area (Å²) in [5.41, 5.74) is 1.64. The zero-order valence-electron chi connectivity index (χ0n) is 15.4. The second-order valence-corrected chi connectivity index (χ2v) is 6.88. The van der Waals surface area contributed by atoms with Gasteiger partial charge in [0.2, 0.25) is 0 Å². The molecule has 1 N–H and O–H groups in total. The second-order valence-electron chi connectivity index (χ2n) is 6.88. The summed E-state index contributed by atoms with van der Waals surface area (Å²) in [7, 11) is 0. The maximum absolute atomic E-state index is 12.8. The normalized spacial score (nSPS) is 16.4. The minimum Gasteiger partial charge on any atom is -0.337 e. The van der Waals surface area contributed by atoms with Crippen LogP contribution in [0, 0.1) is 0 Å². The lowest BCUT2D eigenvalue weighted by atomic mass is 10.2. The molecule has 2 aromatic heterocycles. The van der Waals surface area contributed by atoms with Crippen LogP contribution in [0.5, 0.6) is 0 Å². The highest BCUT2D eigenvalue weighted by Crippen LogP contribution is 2.15. The molecule has 0 aliphatic carbocycles. The molecule has 0 atom stereocenters. The van der Waals surface area contributed by atoms with Gasteiger partial charge in [0.05, 0.1) is 18.3 Å². The average molecular weight is 344 g/mol. The van der Waals surface area contributed by atoms with Crippen molar-refractivity contribution < 1.29 is 4.79 Å². The molecule has 7 heteroatoms. The number of aryl methyl sites for hydroxylation is 1. The van der Waals surface area contributed by atoms with E-state index in [0.29, 0.717) is 11.6 Å². The Bertz CT molecular complexity index is 704.